The summed E-state index contributed by atoms with van der Waals surface area (Å²) in [6, 6.07) is 3.75. The Morgan fingerprint density at radius 1 is 1.33 bits per heavy atom. The van der Waals surface area contributed by atoms with Crippen molar-refractivity contribution in [3.8, 4) is 5.75 Å². The maximum atomic E-state index is 11.8. The molecule has 0 spiro atoms. The topological polar surface area (TPSA) is 38.7 Å². The van der Waals surface area contributed by atoms with Crippen LogP contribution in [-0.4, -0.2) is 18.6 Å². The zero-order valence-electron chi connectivity index (χ0n) is 9.13. The lowest BCUT2D eigenvalue weighted by Crippen LogP contribution is -2.12. The number of aliphatic imine (C=N–C) groups is 1. The van der Waals surface area contributed by atoms with Crippen LogP contribution in [0.15, 0.2) is 17.1 Å². The third-order valence-corrected chi connectivity index (χ3v) is 2.57. The van der Waals surface area contributed by atoms with Gasteiger partial charge in [-0.15, -0.1) is 0 Å². The summed E-state index contributed by atoms with van der Waals surface area (Å²) in [6.45, 7) is 3.79. The molecule has 0 saturated heterocycles. The first-order valence-corrected chi connectivity index (χ1v) is 4.88. The number of hydrogen-bond acceptors (Lipinski definition) is 3. The summed E-state index contributed by atoms with van der Waals surface area (Å²) in [6.07, 6.45) is 0.418. The molecule has 1 aliphatic heterocycles. The fourth-order valence-corrected chi connectivity index (χ4v) is 1.85. The molecule has 1 aromatic rings. The largest absolute Gasteiger partial charge is 0.494 e. The van der Waals surface area contributed by atoms with Crippen LogP contribution in [0.4, 0.5) is 5.69 Å². The number of methoxy groups -OCH3 is 1. The second-order valence-electron chi connectivity index (χ2n) is 3.76. The van der Waals surface area contributed by atoms with Crippen LogP contribution in [-0.2, 0) is 0 Å². The molecule has 0 radical (unpaired) electrons. The molecule has 3 heteroatoms. The van der Waals surface area contributed by atoms with E-state index in [9.17, 15) is 4.79 Å². The Morgan fingerprint density at radius 3 is 2.73 bits per heavy atom. The van der Waals surface area contributed by atoms with Crippen LogP contribution in [0, 0.1) is 6.92 Å². The molecule has 0 fully saturated rings. The lowest BCUT2D eigenvalue weighted by Gasteiger charge is -2.17. The van der Waals surface area contributed by atoms with Gasteiger partial charge in [-0.3, -0.25) is 9.79 Å². The number of nitrogens with zero attached hydrogens (tertiary/aromatic N) is 1. The van der Waals surface area contributed by atoms with E-state index in [-0.39, 0.29) is 5.78 Å². The minimum Gasteiger partial charge on any atom is -0.494 e. The first-order valence-electron chi connectivity index (χ1n) is 4.88. The monoisotopic (exact) mass is 203 g/mol. The molecule has 2 rings (SSSR count). The van der Waals surface area contributed by atoms with Gasteiger partial charge in [0.2, 0.25) is 0 Å². The maximum absolute atomic E-state index is 11.8. The maximum Gasteiger partial charge on any atom is 0.171 e. The second-order valence-corrected chi connectivity index (χ2v) is 3.76. The Labute approximate surface area is 88.8 Å². The van der Waals surface area contributed by atoms with E-state index in [4.69, 9.17) is 4.74 Å². The fourth-order valence-electron chi connectivity index (χ4n) is 1.85. The summed E-state index contributed by atoms with van der Waals surface area (Å²) in [7, 11) is 1.59. The van der Waals surface area contributed by atoms with Crippen LogP contribution < -0.4 is 4.74 Å². The molecule has 15 heavy (non-hydrogen) atoms. The van der Waals surface area contributed by atoms with Crippen molar-refractivity contribution in [2.75, 3.05) is 7.11 Å². The molecule has 3 nitrogen and oxygen atoms in total. The number of ketones is 1. The van der Waals surface area contributed by atoms with Gasteiger partial charge < -0.3 is 4.74 Å². The van der Waals surface area contributed by atoms with E-state index in [1.165, 1.54) is 0 Å². The van der Waals surface area contributed by atoms with Gasteiger partial charge in [-0.1, -0.05) is 6.07 Å². The lowest BCUT2D eigenvalue weighted by molar-refractivity contribution is 0.0999. The van der Waals surface area contributed by atoms with Crippen LogP contribution in [0.25, 0.3) is 0 Å². The molecule has 0 amide bonds. The molecule has 0 N–H and O–H groups in total. The van der Waals surface area contributed by atoms with Crippen molar-refractivity contribution in [3.05, 3.63) is 23.3 Å². The Morgan fingerprint density at radius 2 is 2.07 bits per heavy atom. The van der Waals surface area contributed by atoms with Crippen molar-refractivity contribution in [1.82, 2.24) is 0 Å². The van der Waals surface area contributed by atoms with Gasteiger partial charge >= 0.3 is 0 Å². The zero-order chi connectivity index (χ0) is 11.0. The van der Waals surface area contributed by atoms with Gasteiger partial charge in [-0.25, -0.2) is 0 Å². The third-order valence-electron chi connectivity index (χ3n) is 2.57. The Balaban J connectivity index is 2.73. The van der Waals surface area contributed by atoms with Gasteiger partial charge in [0.25, 0.3) is 0 Å². The Hall–Kier alpha value is -1.64. The summed E-state index contributed by atoms with van der Waals surface area (Å²) in [4.78, 5) is 16.2. The third kappa shape index (κ3) is 1.54. The number of rotatable bonds is 1. The van der Waals surface area contributed by atoms with Crippen molar-refractivity contribution in [2.45, 2.75) is 20.3 Å². The van der Waals surface area contributed by atoms with Crippen LogP contribution in [0.2, 0.25) is 0 Å². The van der Waals surface area contributed by atoms with Crippen LogP contribution in [0.1, 0.15) is 29.3 Å². The van der Waals surface area contributed by atoms with E-state index in [1.807, 2.05) is 26.0 Å². The summed E-state index contributed by atoms with van der Waals surface area (Å²) >= 11 is 0. The molecule has 0 aromatic heterocycles. The highest BCUT2D eigenvalue weighted by Crippen LogP contribution is 2.37. The highest BCUT2D eigenvalue weighted by atomic mass is 16.5. The van der Waals surface area contributed by atoms with Gasteiger partial charge in [0.05, 0.1) is 12.7 Å². The summed E-state index contributed by atoms with van der Waals surface area (Å²) in [5, 5.41) is 0. The van der Waals surface area contributed by atoms with E-state index >= 15 is 0 Å². The Bertz CT molecular complexity index is 461. The Kier molecular flexibility index (Phi) is 2.31. The summed E-state index contributed by atoms with van der Waals surface area (Å²) < 4.78 is 5.20. The second kappa shape index (κ2) is 3.50. The molecule has 78 valence electrons. The summed E-state index contributed by atoms with van der Waals surface area (Å²) in [5.74, 6) is 0.803. The SMILES string of the molecule is COc1ccc(C)c2c1N=C(C)CC2=O. The number of Topliss-reactive ketones (excluding diaryl/α,β-unsaturated/α-hetero) is 1. The van der Waals surface area contributed by atoms with Crippen LogP contribution >= 0.6 is 0 Å². The highest BCUT2D eigenvalue weighted by Gasteiger charge is 2.22. The average molecular weight is 203 g/mol. The van der Waals surface area contributed by atoms with E-state index < -0.39 is 0 Å². The molecule has 0 saturated carbocycles. The number of ether oxygens (including phenoxy) is 1. The molecule has 1 heterocycles. The summed E-state index contributed by atoms with van der Waals surface area (Å²) in [5.41, 5.74) is 3.20. The molecule has 0 unspecified atom stereocenters. The molecular formula is C12H13NO2. The minimum absolute atomic E-state index is 0.133. The molecule has 1 aromatic carbocycles. The van der Waals surface area contributed by atoms with Gasteiger partial charge in [-0.05, 0) is 25.5 Å². The van der Waals surface area contributed by atoms with Gasteiger partial charge in [0.15, 0.2) is 5.78 Å². The van der Waals surface area contributed by atoms with Gasteiger partial charge in [-0.2, -0.15) is 0 Å². The number of carbonyl (C=O) groups is 1. The van der Waals surface area contributed by atoms with Crippen LogP contribution in [0.5, 0.6) is 5.75 Å². The number of carbonyl (C=O) groups excluding carboxylic acids is 1. The zero-order valence-corrected chi connectivity index (χ0v) is 9.13. The number of hydrogen-bond donors (Lipinski definition) is 0. The normalized spacial score (nSPS) is 14.6. The quantitative estimate of drug-likeness (QED) is 0.703. The van der Waals surface area contributed by atoms with Crippen LogP contribution in [0.3, 0.4) is 0 Å². The predicted molar refractivity (Wildman–Crippen MR) is 59.4 cm³/mol. The fraction of sp³-hybridized carbons (Fsp3) is 0.333. The molecule has 0 atom stereocenters. The standard InChI is InChI=1S/C12H13NO2/c1-7-4-5-10(15-3)12-11(7)9(14)6-8(2)13-12/h4-5H,6H2,1-3H3. The lowest BCUT2D eigenvalue weighted by atomic mass is 9.96. The molecule has 0 bridgehead atoms. The molecule has 0 aliphatic carbocycles. The molecular weight excluding hydrogens is 190 g/mol. The van der Waals surface area contributed by atoms with Gasteiger partial charge in [0, 0.05) is 12.1 Å². The smallest absolute Gasteiger partial charge is 0.171 e. The first-order chi connectivity index (χ1) is 7.13. The van der Waals surface area contributed by atoms with E-state index in [1.54, 1.807) is 7.11 Å². The van der Waals surface area contributed by atoms with Crippen molar-refractivity contribution in [3.63, 3.8) is 0 Å². The first kappa shape index (κ1) is 9.90. The predicted octanol–water partition coefficient (Wildman–Crippen LogP) is 2.68. The van der Waals surface area contributed by atoms with Crippen molar-refractivity contribution >= 4 is 17.2 Å². The number of benzene rings is 1. The molecule has 1 aliphatic rings. The minimum atomic E-state index is 0.133. The number of aryl methyl sites for hydroxylation is 1. The van der Waals surface area contributed by atoms with Gasteiger partial charge in [0.1, 0.15) is 11.4 Å². The highest BCUT2D eigenvalue weighted by molar-refractivity contribution is 6.16. The number of fused-ring (bicyclic) bond motifs is 1. The van der Waals surface area contributed by atoms with E-state index in [0.29, 0.717) is 23.4 Å². The van der Waals surface area contributed by atoms with E-state index in [2.05, 4.69) is 4.99 Å². The van der Waals surface area contributed by atoms with Crippen molar-refractivity contribution in [2.24, 2.45) is 4.99 Å². The average Bonchev–Trinajstić information content (AvgIpc) is 2.17. The van der Waals surface area contributed by atoms with Crippen molar-refractivity contribution in [1.29, 1.82) is 0 Å². The van der Waals surface area contributed by atoms with E-state index in [0.717, 1.165) is 11.3 Å². The van der Waals surface area contributed by atoms with Crippen molar-refractivity contribution < 1.29 is 9.53 Å².